The van der Waals surface area contributed by atoms with Crippen LogP contribution in [-0.2, 0) is 0 Å². The molecule has 0 aromatic rings. The molecule has 1 N–H and O–H groups in total. The fourth-order valence-corrected chi connectivity index (χ4v) is 3.68. The van der Waals surface area contributed by atoms with Gasteiger partial charge in [-0.3, -0.25) is 0 Å². The highest BCUT2D eigenvalue weighted by Crippen LogP contribution is 2.37. The van der Waals surface area contributed by atoms with Crippen LogP contribution in [0.3, 0.4) is 0 Å². The van der Waals surface area contributed by atoms with E-state index in [1.54, 1.807) is 0 Å². The first-order valence-corrected chi connectivity index (χ1v) is 8.05. The van der Waals surface area contributed by atoms with E-state index in [-0.39, 0.29) is 0 Å². The van der Waals surface area contributed by atoms with E-state index in [0.29, 0.717) is 5.41 Å². The molecular weight excluding hydrogens is 220 g/mol. The Bertz CT molecular complexity index is 233. The van der Waals surface area contributed by atoms with Crippen molar-refractivity contribution in [2.45, 2.75) is 65.3 Å². The van der Waals surface area contributed by atoms with E-state index in [1.165, 1.54) is 64.7 Å². The summed E-state index contributed by atoms with van der Waals surface area (Å²) in [6.07, 6.45) is 8.45. The topological polar surface area (TPSA) is 15.3 Å². The van der Waals surface area contributed by atoms with Gasteiger partial charge in [0.05, 0.1) is 0 Å². The Morgan fingerprint density at radius 3 is 2.22 bits per heavy atom. The van der Waals surface area contributed by atoms with Crippen molar-refractivity contribution in [3.8, 4) is 0 Å². The van der Waals surface area contributed by atoms with E-state index >= 15 is 0 Å². The highest BCUT2D eigenvalue weighted by Gasteiger charge is 2.30. The molecule has 18 heavy (non-hydrogen) atoms. The van der Waals surface area contributed by atoms with Gasteiger partial charge in [-0.15, -0.1) is 0 Å². The van der Waals surface area contributed by atoms with Crippen molar-refractivity contribution in [1.29, 1.82) is 0 Å². The van der Waals surface area contributed by atoms with Crippen molar-refractivity contribution in [3.63, 3.8) is 0 Å². The summed E-state index contributed by atoms with van der Waals surface area (Å²) in [7, 11) is 0. The second-order valence-corrected chi connectivity index (χ2v) is 7.18. The van der Waals surface area contributed by atoms with E-state index < -0.39 is 0 Å². The van der Waals surface area contributed by atoms with Gasteiger partial charge in [0.15, 0.2) is 0 Å². The molecule has 1 heterocycles. The van der Waals surface area contributed by atoms with Crippen molar-refractivity contribution in [2.24, 2.45) is 11.3 Å². The van der Waals surface area contributed by atoms with Crippen molar-refractivity contribution in [1.82, 2.24) is 10.2 Å². The first-order chi connectivity index (χ1) is 8.61. The largest absolute Gasteiger partial charge is 0.317 e. The van der Waals surface area contributed by atoms with Gasteiger partial charge in [-0.25, -0.2) is 0 Å². The summed E-state index contributed by atoms with van der Waals surface area (Å²) in [6.45, 7) is 12.3. The van der Waals surface area contributed by atoms with Crippen LogP contribution in [0.25, 0.3) is 0 Å². The summed E-state index contributed by atoms with van der Waals surface area (Å²) >= 11 is 0. The summed E-state index contributed by atoms with van der Waals surface area (Å²) in [5.74, 6) is 0.945. The molecule has 1 saturated carbocycles. The standard InChI is InChI=1S/C16H32N2/c1-4-18(13-14-7-11-17-12-8-14)15-5-9-16(2,3)10-6-15/h14-15,17H,4-13H2,1-3H3. The highest BCUT2D eigenvalue weighted by molar-refractivity contribution is 4.85. The smallest absolute Gasteiger partial charge is 0.00956 e. The Kier molecular flexibility index (Phi) is 5.08. The lowest BCUT2D eigenvalue weighted by molar-refractivity contribution is 0.0916. The Morgan fingerprint density at radius 2 is 1.67 bits per heavy atom. The Morgan fingerprint density at radius 1 is 1.06 bits per heavy atom. The molecule has 0 aromatic heterocycles. The van der Waals surface area contributed by atoms with E-state index in [9.17, 15) is 0 Å². The summed E-state index contributed by atoms with van der Waals surface area (Å²) in [4.78, 5) is 2.78. The van der Waals surface area contributed by atoms with Crippen LogP contribution in [0.2, 0.25) is 0 Å². The molecule has 0 unspecified atom stereocenters. The van der Waals surface area contributed by atoms with Crippen LogP contribution in [0.15, 0.2) is 0 Å². The molecule has 0 spiro atoms. The minimum atomic E-state index is 0.602. The van der Waals surface area contributed by atoms with Gasteiger partial charge in [0, 0.05) is 12.6 Å². The van der Waals surface area contributed by atoms with Crippen LogP contribution >= 0.6 is 0 Å². The minimum absolute atomic E-state index is 0.602. The lowest BCUT2D eigenvalue weighted by atomic mass is 9.75. The SMILES string of the molecule is CCN(CC1CCNCC1)C1CCC(C)(C)CC1. The predicted molar refractivity (Wildman–Crippen MR) is 78.9 cm³/mol. The zero-order valence-corrected chi connectivity index (χ0v) is 12.7. The van der Waals surface area contributed by atoms with Gasteiger partial charge in [0.25, 0.3) is 0 Å². The van der Waals surface area contributed by atoms with E-state index in [2.05, 4.69) is 31.0 Å². The van der Waals surface area contributed by atoms with Gasteiger partial charge in [0.2, 0.25) is 0 Å². The molecule has 1 saturated heterocycles. The average Bonchev–Trinajstić information content (AvgIpc) is 2.38. The van der Waals surface area contributed by atoms with Gasteiger partial charge in [0.1, 0.15) is 0 Å². The highest BCUT2D eigenvalue weighted by atomic mass is 15.2. The second kappa shape index (κ2) is 6.38. The minimum Gasteiger partial charge on any atom is -0.317 e. The normalized spacial score (nSPS) is 26.7. The van der Waals surface area contributed by atoms with Crippen LogP contribution in [0, 0.1) is 11.3 Å². The van der Waals surface area contributed by atoms with Crippen LogP contribution in [0.5, 0.6) is 0 Å². The zero-order valence-electron chi connectivity index (χ0n) is 12.7. The Balaban J connectivity index is 1.81. The van der Waals surface area contributed by atoms with Crippen LogP contribution in [0.4, 0.5) is 0 Å². The zero-order chi connectivity index (χ0) is 13.0. The molecule has 0 amide bonds. The van der Waals surface area contributed by atoms with Gasteiger partial charge in [-0.05, 0) is 69.5 Å². The summed E-state index contributed by atoms with van der Waals surface area (Å²) in [5, 5.41) is 3.48. The van der Waals surface area contributed by atoms with E-state index in [4.69, 9.17) is 0 Å². The Hall–Kier alpha value is -0.0800. The molecule has 0 bridgehead atoms. The molecule has 2 fully saturated rings. The molecule has 2 aliphatic rings. The van der Waals surface area contributed by atoms with Gasteiger partial charge < -0.3 is 10.2 Å². The van der Waals surface area contributed by atoms with Crippen molar-refractivity contribution in [2.75, 3.05) is 26.2 Å². The first-order valence-electron chi connectivity index (χ1n) is 8.05. The number of hydrogen-bond acceptors (Lipinski definition) is 2. The lowest BCUT2D eigenvalue weighted by Crippen LogP contribution is -2.43. The number of nitrogens with zero attached hydrogens (tertiary/aromatic N) is 1. The Labute approximate surface area is 114 Å². The van der Waals surface area contributed by atoms with Crippen molar-refractivity contribution < 1.29 is 0 Å². The van der Waals surface area contributed by atoms with E-state index in [0.717, 1.165) is 12.0 Å². The molecule has 106 valence electrons. The maximum atomic E-state index is 3.48. The number of piperidine rings is 1. The number of rotatable bonds is 4. The molecule has 1 aliphatic carbocycles. The van der Waals surface area contributed by atoms with Crippen LogP contribution in [0.1, 0.15) is 59.3 Å². The maximum Gasteiger partial charge on any atom is 0.00956 e. The fourth-order valence-electron chi connectivity index (χ4n) is 3.68. The maximum absolute atomic E-state index is 3.48. The third kappa shape index (κ3) is 3.96. The summed E-state index contributed by atoms with van der Waals surface area (Å²) in [5.41, 5.74) is 0.602. The van der Waals surface area contributed by atoms with Crippen LogP contribution < -0.4 is 5.32 Å². The molecular formula is C16H32N2. The van der Waals surface area contributed by atoms with Crippen molar-refractivity contribution >= 4 is 0 Å². The molecule has 2 heteroatoms. The second-order valence-electron chi connectivity index (χ2n) is 7.18. The van der Waals surface area contributed by atoms with Gasteiger partial charge in [-0.1, -0.05) is 20.8 Å². The number of nitrogens with one attached hydrogen (secondary N) is 1. The van der Waals surface area contributed by atoms with Crippen molar-refractivity contribution in [3.05, 3.63) is 0 Å². The third-order valence-corrected chi connectivity index (χ3v) is 5.18. The first kappa shape index (κ1) is 14.3. The lowest BCUT2D eigenvalue weighted by Gasteiger charge is -2.41. The predicted octanol–water partition coefficient (Wildman–Crippen LogP) is 3.28. The summed E-state index contributed by atoms with van der Waals surface area (Å²) < 4.78 is 0. The number of hydrogen-bond donors (Lipinski definition) is 1. The van der Waals surface area contributed by atoms with E-state index in [1.807, 2.05) is 0 Å². The quantitative estimate of drug-likeness (QED) is 0.826. The molecule has 0 radical (unpaired) electrons. The molecule has 0 atom stereocenters. The molecule has 2 nitrogen and oxygen atoms in total. The van der Waals surface area contributed by atoms with Gasteiger partial charge in [-0.2, -0.15) is 0 Å². The molecule has 2 rings (SSSR count). The van der Waals surface area contributed by atoms with Gasteiger partial charge >= 0.3 is 0 Å². The molecule has 0 aromatic carbocycles. The summed E-state index contributed by atoms with van der Waals surface area (Å²) in [6, 6.07) is 0.873. The fraction of sp³-hybridized carbons (Fsp3) is 1.00. The van der Waals surface area contributed by atoms with Crippen LogP contribution in [-0.4, -0.2) is 37.1 Å². The third-order valence-electron chi connectivity index (χ3n) is 5.18. The monoisotopic (exact) mass is 252 g/mol. The average molecular weight is 252 g/mol. The molecule has 1 aliphatic heterocycles.